The van der Waals surface area contributed by atoms with Crippen LogP contribution in [0, 0.1) is 0 Å². The lowest BCUT2D eigenvalue weighted by molar-refractivity contribution is -0.122. The van der Waals surface area contributed by atoms with E-state index in [1.54, 1.807) is 0 Å². The average Bonchev–Trinajstić information content (AvgIpc) is 3.02. The predicted octanol–water partition coefficient (Wildman–Crippen LogP) is 1.95. The lowest BCUT2D eigenvalue weighted by Gasteiger charge is -2.17. The standard InChI is InChI=1S/C16H22N4O3/c1-4-22-14-7-6-13(8-15(14)23-5-2)12(3)19-16(21)9-20-11-17-10-18-20/h6-8,10-12H,4-5,9H2,1-3H3,(H,19,21). The van der Waals surface area contributed by atoms with Gasteiger partial charge in [0.15, 0.2) is 11.5 Å². The minimum atomic E-state index is -0.152. The normalized spacial score (nSPS) is 11.8. The summed E-state index contributed by atoms with van der Waals surface area (Å²) in [6, 6.07) is 5.54. The second-order valence-electron chi connectivity index (χ2n) is 4.95. The second-order valence-corrected chi connectivity index (χ2v) is 4.95. The Bertz CT molecular complexity index is 628. The number of aromatic nitrogens is 3. The predicted molar refractivity (Wildman–Crippen MR) is 85.4 cm³/mol. The van der Waals surface area contributed by atoms with Gasteiger partial charge in [0.2, 0.25) is 5.91 Å². The maximum atomic E-state index is 12.0. The van der Waals surface area contributed by atoms with Gasteiger partial charge in [-0.3, -0.25) is 4.79 Å². The van der Waals surface area contributed by atoms with Gasteiger partial charge in [0.05, 0.1) is 19.3 Å². The molecule has 0 aliphatic carbocycles. The quantitative estimate of drug-likeness (QED) is 0.805. The Labute approximate surface area is 135 Å². The number of nitrogens with one attached hydrogen (secondary N) is 1. The molecule has 1 N–H and O–H groups in total. The maximum Gasteiger partial charge on any atom is 0.242 e. The molecule has 1 unspecified atom stereocenters. The maximum absolute atomic E-state index is 12.0. The SMILES string of the molecule is CCOc1ccc(C(C)NC(=O)Cn2cncn2)cc1OCC. The molecule has 1 aromatic carbocycles. The van der Waals surface area contributed by atoms with Gasteiger partial charge in [-0.1, -0.05) is 6.07 Å². The van der Waals surface area contributed by atoms with Crippen LogP contribution in [0.15, 0.2) is 30.9 Å². The van der Waals surface area contributed by atoms with Crippen LogP contribution in [-0.4, -0.2) is 33.9 Å². The number of carbonyl (C=O) groups is 1. The number of hydrogen-bond acceptors (Lipinski definition) is 5. The fraction of sp³-hybridized carbons (Fsp3) is 0.438. The number of benzene rings is 1. The molecule has 0 saturated heterocycles. The molecule has 7 heteroatoms. The third-order valence-electron chi connectivity index (χ3n) is 3.22. The van der Waals surface area contributed by atoms with Crippen LogP contribution in [0.25, 0.3) is 0 Å². The number of hydrogen-bond donors (Lipinski definition) is 1. The summed E-state index contributed by atoms with van der Waals surface area (Å²) in [5, 5.41) is 6.85. The molecule has 0 bridgehead atoms. The minimum Gasteiger partial charge on any atom is -0.490 e. The fourth-order valence-electron chi connectivity index (χ4n) is 2.17. The van der Waals surface area contributed by atoms with Crippen molar-refractivity contribution >= 4 is 5.91 Å². The Kier molecular flexibility index (Phi) is 5.96. The first kappa shape index (κ1) is 16.8. The Balaban J connectivity index is 2.04. The first-order chi connectivity index (χ1) is 11.1. The van der Waals surface area contributed by atoms with Gasteiger partial charge in [-0.15, -0.1) is 0 Å². The van der Waals surface area contributed by atoms with Gasteiger partial charge in [0.1, 0.15) is 19.2 Å². The molecule has 7 nitrogen and oxygen atoms in total. The monoisotopic (exact) mass is 318 g/mol. The van der Waals surface area contributed by atoms with E-state index in [4.69, 9.17) is 9.47 Å². The van der Waals surface area contributed by atoms with Crippen molar-refractivity contribution < 1.29 is 14.3 Å². The molecule has 1 heterocycles. The van der Waals surface area contributed by atoms with Gasteiger partial charge >= 0.3 is 0 Å². The number of ether oxygens (including phenoxy) is 2. The molecule has 0 fully saturated rings. The number of nitrogens with zero attached hydrogens (tertiary/aromatic N) is 3. The lowest BCUT2D eigenvalue weighted by Crippen LogP contribution is -2.30. The molecule has 2 aromatic rings. The summed E-state index contributed by atoms with van der Waals surface area (Å²) in [5.41, 5.74) is 0.948. The molecule has 0 aliphatic heterocycles. The molecule has 1 aromatic heterocycles. The first-order valence-corrected chi connectivity index (χ1v) is 7.65. The largest absolute Gasteiger partial charge is 0.490 e. The second kappa shape index (κ2) is 8.17. The summed E-state index contributed by atoms with van der Waals surface area (Å²) >= 11 is 0. The van der Waals surface area contributed by atoms with Gasteiger partial charge in [-0.25, -0.2) is 9.67 Å². The van der Waals surface area contributed by atoms with Crippen LogP contribution in [-0.2, 0) is 11.3 Å². The van der Waals surface area contributed by atoms with Gasteiger partial charge in [0, 0.05) is 0 Å². The van der Waals surface area contributed by atoms with Crippen LogP contribution < -0.4 is 14.8 Å². The number of rotatable bonds is 8. The van der Waals surface area contributed by atoms with E-state index in [1.807, 2.05) is 39.0 Å². The summed E-state index contributed by atoms with van der Waals surface area (Å²) in [7, 11) is 0. The van der Waals surface area contributed by atoms with E-state index in [2.05, 4.69) is 15.4 Å². The van der Waals surface area contributed by atoms with Crippen molar-refractivity contribution in [1.29, 1.82) is 0 Å². The van der Waals surface area contributed by atoms with Crippen LogP contribution in [0.4, 0.5) is 0 Å². The fourth-order valence-corrected chi connectivity index (χ4v) is 2.17. The zero-order chi connectivity index (χ0) is 16.7. The smallest absolute Gasteiger partial charge is 0.242 e. The van der Waals surface area contributed by atoms with Crippen LogP contribution >= 0.6 is 0 Å². The zero-order valence-electron chi connectivity index (χ0n) is 13.7. The summed E-state index contributed by atoms with van der Waals surface area (Å²) in [6.45, 7) is 7.03. The van der Waals surface area contributed by atoms with Gasteiger partial charge < -0.3 is 14.8 Å². The van der Waals surface area contributed by atoms with Crippen molar-refractivity contribution in [2.45, 2.75) is 33.4 Å². The van der Waals surface area contributed by atoms with E-state index in [0.29, 0.717) is 24.7 Å². The molecule has 0 aliphatic rings. The van der Waals surface area contributed by atoms with Crippen molar-refractivity contribution in [2.75, 3.05) is 13.2 Å². The topological polar surface area (TPSA) is 78.3 Å². The molecule has 0 radical (unpaired) electrons. The number of carbonyl (C=O) groups excluding carboxylic acids is 1. The number of amides is 1. The minimum absolute atomic E-state index is 0.130. The molecular weight excluding hydrogens is 296 g/mol. The van der Waals surface area contributed by atoms with Crippen molar-refractivity contribution in [3.05, 3.63) is 36.4 Å². The highest BCUT2D eigenvalue weighted by Gasteiger charge is 2.13. The van der Waals surface area contributed by atoms with Crippen LogP contribution in [0.5, 0.6) is 11.5 Å². The molecule has 0 spiro atoms. The van der Waals surface area contributed by atoms with Crippen LogP contribution in [0.1, 0.15) is 32.4 Å². The van der Waals surface area contributed by atoms with Crippen molar-refractivity contribution in [2.24, 2.45) is 0 Å². The van der Waals surface area contributed by atoms with Crippen LogP contribution in [0.2, 0.25) is 0 Å². The molecule has 124 valence electrons. The average molecular weight is 318 g/mol. The highest BCUT2D eigenvalue weighted by molar-refractivity contribution is 5.76. The third-order valence-corrected chi connectivity index (χ3v) is 3.22. The third kappa shape index (κ3) is 4.70. The molecule has 1 atom stereocenters. The first-order valence-electron chi connectivity index (χ1n) is 7.65. The van der Waals surface area contributed by atoms with E-state index >= 15 is 0 Å². The summed E-state index contributed by atoms with van der Waals surface area (Å²) in [5.74, 6) is 1.26. The van der Waals surface area contributed by atoms with E-state index in [-0.39, 0.29) is 18.5 Å². The molecule has 0 saturated carbocycles. The van der Waals surface area contributed by atoms with Crippen molar-refractivity contribution in [1.82, 2.24) is 20.1 Å². The summed E-state index contributed by atoms with van der Waals surface area (Å²) < 4.78 is 12.6. The van der Waals surface area contributed by atoms with Crippen molar-refractivity contribution in [3.8, 4) is 11.5 Å². The van der Waals surface area contributed by atoms with E-state index in [0.717, 1.165) is 5.56 Å². The Morgan fingerprint density at radius 3 is 2.65 bits per heavy atom. The summed E-state index contributed by atoms with van der Waals surface area (Å²) in [4.78, 5) is 15.8. The highest BCUT2D eigenvalue weighted by atomic mass is 16.5. The molecular formula is C16H22N4O3. The van der Waals surface area contributed by atoms with Gasteiger partial charge in [-0.05, 0) is 38.5 Å². The molecule has 2 rings (SSSR count). The van der Waals surface area contributed by atoms with E-state index in [1.165, 1.54) is 17.3 Å². The van der Waals surface area contributed by atoms with Crippen LogP contribution in [0.3, 0.4) is 0 Å². The molecule has 1 amide bonds. The van der Waals surface area contributed by atoms with Crippen molar-refractivity contribution in [3.63, 3.8) is 0 Å². The molecule has 23 heavy (non-hydrogen) atoms. The van der Waals surface area contributed by atoms with Gasteiger partial charge in [-0.2, -0.15) is 5.10 Å². The Morgan fingerprint density at radius 2 is 2.00 bits per heavy atom. The summed E-state index contributed by atoms with van der Waals surface area (Å²) in [6.07, 6.45) is 2.91. The van der Waals surface area contributed by atoms with Gasteiger partial charge in [0.25, 0.3) is 0 Å². The lowest BCUT2D eigenvalue weighted by atomic mass is 10.1. The Hall–Kier alpha value is -2.57. The van der Waals surface area contributed by atoms with E-state index in [9.17, 15) is 4.79 Å². The van der Waals surface area contributed by atoms with E-state index < -0.39 is 0 Å². The zero-order valence-corrected chi connectivity index (χ0v) is 13.7. The Morgan fingerprint density at radius 1 is 1.26 bits per heavy atom. The highest BCUT2D eigenvalue weighted by Crippen LogP contribution is 2.30.